The van der Waals surface area contributed by atoms with Crippen molar-refractivity contribution in [3.8, 4) is 5.82 Å². The Morgan fingerprint density at radius 3 is 2.45 bits per heavy atom. The molecule has 0 saturated carbocycles. The second-order valence-corrected chi connectivity index (χ2v) is 5.87. The van der Waals surface area contributed by atoms with Crippen molar-refractivity contribution >= 4 is 12.6 Å². The lowest BCUT2D eigenvalue weighted by atomic mass is 9.82. The molecule has 1 aliphatic heterocycles. The van der Waals surface area contributed by atoms with E-state index in [1.54, 1.807) is 23.1 Å². The number of rotatable bonds is 2. The predicted octanol–water partition coefficient (Wildman–Crippen LogP) is 0.961. The zero-order valence-electron chi connectivity index (χ0n) is 12.1. The Morgan fingerprint density at radius 2 is 1.85 bits per heavy atom. The highest BCUT2D eigenvalue weighted by Crippen LogP contribution is 2.36. The minimum absolute atomic E-state index is 0.352. The van der Waals surface area contributed by atoms with E-state index in [2.05, 4.69) is 15.1 Å². The normalized spacial score (nSPS) is 20.3. The summed E-state index contributed by atoms with van der Waals surface area (Å²) in [5.41, 5.74) is 0.172. The average Bonchev–Trinajstić information content (AvgIpc) is 2.94. The Morgan fingerprint density at radius 1 is 1.15 bits per heavy atom. The molecule has 2 aromatic heterocycles. The van der Waals surface area contributed by atoms with Crippen LogP contribution in [0.3, 0.4) is 0 Å². The summed E-state index contributed by atoms with van der Waals surface area (Å²) in [6.07, 6.45) is 6.78. The van der Waals surface area contributed by atoms with Crippen molar-refractivity contribution in [2.75, 3.05) is 0 Å². The molecule has 1 saturated heterocycles. The van der Waals surface area contributed by atoms with Crippen molar-refractivity contribution in [1.82, 2.24) is 19.7 Å². The number of hydrogen-bond donors (Lipinski definition) is 0. The number of nitrogens with zero attached hydrogens (tertiary/aromatic N) is 4. The minimum Gasteiger partial charge on any atom is -0.399 e. The quantitative estimate of drug-likeness (QED) is 0.762. The van der Waals surface area contributed by atoms with Crippen LogP contribution in [0, 0.1) is 0 Å². The van der Waals surface area contributed by atoms with E-state index in [-0.39, 0.29) is 11.2 Å². The summed E-state index contributed by atoms with van der Waals surface area (Å²) in [4.78, 5) is 8.05. The van der Waals surface area contributed by atoms with E-state index in [9.17, 15) is 0 Å². The van der Waals surface area contributed by atoms with Gasteiger partial charge in [0.1, 0.15) is 6.33 Å². The van der Waals surface area contributed by atoms with Gasteiger partial charge in [-0.3, -0.25) is 0 Å². The van der Waals surface area contributed by atoms with Gasteiger partial charge in [-0.1, -0.05) is 0 Å². The second kappa shape index (κ2) is 4.39. The summed E-state index contributed by atoms with van der Waals surface area (Å²) in [5, 5.41) is 4.29. The predicted molar refractivity (Wildman–Crippen MR) is 74.9 cm³/mol. The minimum atomic E-state index is -0.407. The first-order valence-electron chi connectivity index (χ1n) is 6.56. The van der Waals surface area contributed by atoms with Crippen LogP contribution < -0.4 is 5.46 Å². The van der Waals surface area contributed by atoms with Gasteiger partial charge < -0.3 is 9.31 Å². The van der Waals surface area contributed by atoms with Crippen molar-refractivity contribution < 1.29 is 9.31 Å². The van der Waals surface area contributed by atoms with Crippen LogP contribution in [0.25, 0.3) is 5.82 Å². The lowest BCUT2D eigenvalue weighted by molar-refractivity contribution is 0.00578. The Hall–Kier alpha value is -1.73. The fourth-order valence-corrected chi connectivity index (χ4v) is 1.98. The molecule has 0 radical (unpaired) electrons. The van der Waals surface area contributed by atoms with E-state index in [1.807, 2.05) is 33.9 Å². The van der Waals surface area contributed by atoms with E-state index in [4.69, 9.17) is 9.31 Å². The Bertz CT molecular complexity index is 596. The molecule has 0 aliphatic carbocycles. The third kappa shape index (κ3) is 2.12. The molecule has 0 amide bonds. The third-order valence-corrected chi connectivity index (χ3v) is 3.93. The second-order valence-electron chi connectivity index (χ2n) is 5.87. The zero-order chi connectivity index (χ0) is 14.4. The molecule has 3 rings (SSSR count). The fraction of sp³-hybridized carbons (Fsp3) is 0.462. The van der Waals surface area contributed by atoms with Gasteiger partial charge >= 0.3 is 7.12 Å². The molecule has 0 N–H and O–H groups in total. The molecule has 20 heavy (non-hydrogen) atoms. The lowest BCUT2D eigenvalue weighted by Crippen LogP contribution is -2.41. The lowest BCUT2D eigenvalue weighted by Gasteiger charge is -2.32. The van der Waals surface area contributed by atoms with E-state index >= 15 is 0 Å². The van der Waals surface area contributed by atoms with Crippen LogP contribution in [0.1, 0.15) is 27.7 Å². The summed E-state index contributed by atoms with van der Waals surface area (Å²) < 4.78 is 13.7. The Labute approximate surface area is 118 Å². The summed E-state index contributed by atoms with van der Waals surface area (Å²) in [5.74, 6) is 0.711. The molecule has 0 spiro atoms. The van der Waals surface area contributed by atoms with E-state index < -0.39 is 7.12 Å². The first-order valence-corrected chi connectivity index (χ1v) is 6.56. The van der Waals surface area contributed by atoms with Crippen LogP contribution in [-0.4, -0.2) is 38.1 Å². The zero-order valence-corrected chi connectivity index (χ0v) is 12.1. The van der Waals surface area contributed by atoms with Gasteiger partial charge in [-0.25, -0.2) is 14.6 Å². The third-order valence-electron chi connectivity index (χ3n) is 3.93. The van der Waals surface area contributed by atoms with Gasteiger partial charge in [0.25, 0.3) is 0 Å². The average molecular weight is 272 g/mol. The van der Waals surface area contributed by atoms with Gasteiger partial charge in [-0.2, -0.15) is 5.10 Å². The highest BCUT2D eigenvalue weighted by atomic mass is 16.7. The van der Waals surface area contributed by atoms with Crippen LogP contribution in [0.4, 0.5) is 0 Å². The van der Waals surface area contributed by atoms with Gasteiger partial charge in [0, 0.05) is 30.1 Å². The fourth-order valence-electron chi connectivity index (χ4n) is 1.98. The van der Waals surface area contributed by atoms with Crippen LogP contribution in [0.5, 0.6) is 0 Å². The maximum absolute atomic E-state index is 5.99. The highest BCUT2D eigenvalue weighted by molar-refractivity contribution is 6.62. The van der Waals surface area contributed by atoms with Gasteiger partial charge in [0.05, 0.1) is 11.2 Å². The molecule has 1 aliphatic rings. The van der Waals surface area contributed by atoms with Crippen molar-refractivity contribution in [3.05, 3.63) is 31.0 Å². The summed E-state index contributed by atoms with van der Waals surface area (Å²) in [6, 6.07) is 1.79. The molecular weight excluding hydrogens is 255 g/mol. The molecule has 0 aromatic carbocycles. The van der Waals surface area contributed by atoms with E-state index in [0.29, 0.717) is 5.82 Å². The van der Waals surface area contributed by atoms with Crippen LogP contribution in [0.15, 0.2) is 31.0 Å². The molecule has 0 bridgehead atoms. The standard InChI is InChI=1S/C13H17BN4O2/c1-12(2)13(3,4)20-14(19-12)10-7-17-18(8-10)11-5-6-15-9-16-11/h5-9H,1-4H3. The molecule has 2 aromatic rings. The molecule has 6 nitrogen and oxygen atoms in total. The summed E-state index contributed by atoms with van der Waals surface area (Å²) in [6.45, 7) is 8.12. The van der Waals surface area contributed by atoms with Gasteiger partial charge in [0.2, 0.25) is 0 Å². The molecule has 3 heterocycles. The molecule has 7 heteroatoms. The van der Waals surface area contributed by atoms with E-state index in [0.717, 1.165) is 5.46 Å². The smallest absolute Gasteiger partial charge is 0.399 e. The molecule has 1 fully saturated rings. The van der Waals surface area contributed by atoms with Crippen molar-refractivity contribution in [2.45, 2.75) is 38.9 Å². The Kier molecular flexibility index (Phi) is 2.91. The summed E-state index contributed by atoms with van der Waals surface area (Å²) in [7, 11) is -0.407. The van der Waals surface area contributed by atoms with Gasteiger partial charge in [-0.15, -0.1) is 0 Å². The maximum Gasteiger partial charge on any atom is 0.498 e. The highest BCUT2D eigenvalue weighted by Gasteiger charge is 2.52. The van der Waals surface area contributed by atoms with Crippen molar-refractivity contribution in [1.29, 1.82) is 0 Å². The van der Waals surface area contributed by atoms with Crippen molar-refractivity contribution in [2.24, 2.45) is 0 Å². The SMILES string of the molecule is CC1(C)OB(c2cnn(-c3ccncn3)c2)OC1(C)C. The first-order chi connectivity index (χ1) is 9.39. The molecule has 0 unspecified atom stereocenters. The van der Waals surface area contributed by atoms with Crippen molar-refractivity contribution in [3.63, 3.8) is 0 Å². The monoisotopic (exact) mass is 272 g/mol. The van der Waals surface area contributed by atoms with Crippen LogP contribution in [0.2, 0.25) is 0 Å². The topological polar surface area (TPSA) is 62.1 Å². The van der Waals surface area contributed by atoms with Crippen LogP contribution >= 0.6 is 0 Å². The number of hydrogen-bond acceptors (Lipinski definition) is 5. The largest absolute Gasteiger partial charge is 0.498 e. The summed E-state index contributed by atoms with van der Waals surface area (Å²) >= 11 is 0. The van der Waals surface area contributed by atoms with Crippen LogP contribution in [-0.2, 0) is 9.31 Å². The maximum atomic E-state index is 5.99. The van der Waals surface area contributed by atoms with Gasteiger partial charge in [-0.05, 0) is 27.7 Å². The molecule has 104 valence electrons. The van der Waals surface area contributed by atoms with E-state index in [1.165, 1.54) is 6.33 Å². The molecule has 0 atom stereocenters. The Balaban J connectivity index is 1.86. The first kappa shape index (κ1) is 13.3. The van der Waals surface area contributed by atoms with Gasteiger partial charge in [0.15, 0.2) is 5.82 Å². The molecular formula is C13H17BN4O2. The number of aromatic nitrogens is 4.